The van der Waals surface area contributed by atoms with Gasteiger partial charge in [-0.3, -0.25) is 14.4 Å². The first-order valence-electron chi connectivity index (χ1n) is 9.73. The Morgan fingerprint density at radius 2 is 1.67 bits per heavy atom. The fourth-order valence-corrected chi connectivity index (χ4v) is 2.82. The van der Waals surface area contributed by atoms with Crippen molar-refractivity contribution >= 4 is 17.8 Å². The molecule has 0 radical (unpaired) electrons. The lowest BCUT2D eigenvalue weighted by atomic mass is 9.95. The fraction of sp³-hybridized carbons (Fsp3) is 0.667. The van der Waals surface area contributed by atoms with Gasteiger partial charge in [-0.15, -0.1) is 13.2 Å². The third kappa shape index (κ3) is 10.6. The lowest BCUT2D eigenvalue weighted by Crippen LogP contribution is -2.52. The van der Waals surface area contributed by atoms with Crippen molar-refractivity contribution in [2.45, 2.75) is 64.8 Å². The lowest BCUT2D eigenvalue weighted by Gasteiger charge is -2.28. The van der Waals surface area contributed by atoms with E-state index < -0.39 is 17.9 Å². The van der Waals surface area contributed by atoms with Crippen LogP contribution >= 0.6 is 0 Å². The highest BCUT2D eigenvalue weighted by atomic mass is 16.4. The molecule has 6 nitrogen and oxygen atoms in total. The lowest BCUT2D eigenvalue weighted by molar-refractivity contribution is -0.142. The molecule has 0 aliphatic heterocycles. The molecular weight excluding hydrogens is 344 g/mol. The second kappa shape index (κ2) is 14.0. The average Bonchev–Trinajstić information content (AvgIpc) is 2.61. The standard InChI is InChI=1S/C21H36N2O4/c1-6-8-10-12-14-23(5)21(27)19(16(3)4)22-20(26)17(15-18(24)25)13-11-9-7-2/h6-7,16-17,19H,1-2,8-15H2,3-5H3,(H,22,26)(H,24,25)/t17?,19-/m0/s1. The highest BCUT2D eigenvalue weighted by Crippen LogP contribution is 2.16. The number of likely N-dealkylation sites (N-methyl/N-ethyl adjacent to an activating group) is 1. The summed E-state index contributed by atoms with van der Waals surface area (Å²) in [5, 5.41) is 11.9. The zero-order valence-electron chi connectivity index (χ0n) is 17.1. The van der Waals surface area contributed by atoms with E-state index in [1.807, 2.05) is 19.9 Å². The van der Waals surface area contributed by atoms with Crippen molar-refractivity contribution in [2.75, 3.05) is 13.6 Å². The number of aliphatic carboxylic acids is 1. The SMILES string of the molecule is C=CCCCCN(C)C(=O)[C@@H](NC(=O)C(CCCC=C)CC(=O)O)C(C)C. The van der Waals surface area contributed by atoms with Crippen LogP contribution in [0, 0.1) is 11.8 Å². The Balaban J connectivity index is 4.92. The number of amides is 2. The van der Waals surface area contributed by atoms with Gasteiger partial charge in [-0.2, -0.15) is 0 Å². The molecule has 27 heavy (non-hydrogen) atoms. The van der Waals surface area contributed by atoms with Crippen molar-refractivity contribution in [3.8, 4) is 0 Å². The summed E-state index contributed by atoms with van der Waals surface area (Å²) in [6, 6.07) is -0.655. The van der Waals surface area contributed by atoms with Gasteiger partial charge in [0.1, 0.15) is 6.04 Å². The van der Waals surface area contributed by atoms with Gasteiger partial charge in [0.15, 0.2) is 0 Å². The molecule has 0 rings (SSSR count). The summed E-state index contributed by atoms with van der Waals surface area (Å²) < 4.78 is 0. The molecule has 0 aliphatic carbocycles. The summed E-state index contributed by atoms with van der Waals surface area (Å²) in [6.45, 7) is 11.7. The van der Waals surface area contributed by atoms with Crippen LogP contribution in [-0.4, -0.2) is 47.4 Å². The van der Waals surface area contributed by atoms with E-state index in [2.05, 4.69) is 18.5 Å². The Morgan fingerprint density at radius 1 is 1.07 bits per heavy atom. The van der Waals surface area contributed by atoms with Crippen LogP contribution in [0.25, 0.3) is 0 Å². The molecule has 0 fully saturated rings. The van der Waals surface area contributed by atoms with Crippen molar-refractivity contribution in [1.29, 1.82) is 0 Å². The highest BCUT2D eigenvalue weighted by molar-refractivity contribution is 5.90. The van der Waals surface area contributed by atoms with E-state index in [-0.39, 0.29) is 24.2 Å². The fourth-order valence-electron chi connectivity index (χ4n) is 2.82. The molecule has 0 aliphatic rings. The van der Waals surface area contributed by atoms with Gasteiger partial charge in [-0.1, -0.05) is 26.0 Å². The quantitative estimate of drug-likeness (QED) is 0.337. The first-order valence-corrected chi connectivity index (χ1v) is 9.73. The molecule has 0 spiro atoms. The Kier molecular flexibility index (Phi) is 12.9. The molecule has 0 saturated heterocycles. The first kappa shape index (κ1) is 24.9. The second-order valence-electron chi connectivity index (χ2n) is 7.29. The van der Waals surface area contributed by atoms with Crippen LogP contribution in [0.4, 0.5) is 0 Å². The predicted octanol–water partition coefficient (Wildman–Crippen LogP) is 3.39. The number of carboxylic acids is 1. The molecule has 0 aromatic rings. The van der Waals surface area contributed by atoms with Crippen LogP contribution in [0.1, 0.15) is 58.8 Å². The molecule has 6 heteroatoms. The molecule has 2 amide bonds. The first-order chi connectivity index (χ1) is 12.7. The van der Waals surface area contributed by atoms with Gasteiger partial charge in [-0.25, -0.2) is 0 Å². The number of carboxylic acid groups (broad SMARTS) is 1. The molecule has 0 aromatic carbocycles. The number of nitrogens with one attached hydrogen (secondary N) is 1. The molecule has 1 unspecified atom stereocenters. The van der Waals surface area contributed by atoms with E-state index in [9.17, 15) is 14.4 Å². The summed E-state index contributed by atoms with van der Waals surface area (Å²) in [5.74, 6) is -2.25. The van der Waals surface area contributed by atoms with E-state index in [0.717, 1.165) is 25.7 Å². The second-order valence-corrected chi connectivity index (χ2v) is 7.29. The van der Waals surface area contributed by atoms with Gasteiger partial charge in [0, 0.05) is 19.5 Å². The van der Waals surface area contributed by atoms with Crippen molar-refractivity contribution < 1.29 is 19.5 Å². The molecule has 2 N–H and O–H groups in total. The highest BCUT2D eigenvalue weighted by Gasteiger charge is 2.30. The summed E-state index contributed by atoms with van der Waals surface area (Å²) in [6.07, 6.45) is 7.99. The maximum absolute atomic E-state index is 12.8. The maximum Gasteiger partial charge on any atom is 0.304 e. The van der Waals surface area contributed by atoms with Gasteiger partial charge in [0.2, 0.25) is 11.8 Å². The predicted molar refractivity (Wildman–Crippen MR) is 108 cm³/mol. The van der Waals surface area contributed by atoms with E-state index in [1.54, 1.807) is 18.0 Å². The van der Waals surface area contributed by atoms with Gasteiger partial charge in [0.05, 0.1) is 6.42 Å². The average molecular weight is 381 g/mol. The van der Waals surface area contributed by atoms with Crippen LogP contribution < -0.4 is 5.32 Å². The Labute approximate surface area is 163 Å². The van der Waals surface area contributed by atoms with Crippen LogP contribution in [-0.2, 0) is 14.4 Å². The number of hydrogen-bond acceptors (Lipinski definition) is 3. The molecule has 0 heterocycles. The number of rotatable bonds is 15. The minimum Gasteiger partial charge on any atom is -0.481 e. The summed E-state index contributed by atoms with van der Waals surface area (Å²) in [5.41, 5.74) is 0. The molecule has 0 aromatic heterocycles. The third-order valence-electron chi connectivity index (χ3n) is 4.51. The summed E-state index contributed by atoms with van der Waals surface area (Å²) in [7, 11) is 1.73. The van der Waals surface area contributed by atoms with Gasteiger partial charge in [0.25, 0.3) is 0 Å². The number of hydrogen-bond donors (Lipinski definition) is 2. The molecule has 0 bridgehead atoms. The van der Waals surface area contributed by atoms with Gasteiger partial charge < -0.3 is 15.3 Å². The Morgan fingerprint density at radius 3 is 2.19 bits per heavy atom. The van der Waals surface area contributed by atoms with Crippen LogP contribution in [0.5, 0.6) is 0 Å². The monoisotopic (exact) mass is 380 g/mol. The molecule has 0 saturated carbocycles. The Hall–Kier alpha value is -2.11. The van der Waals surface area contributed by atoms with Gasteiger partial charge in [-0.05, 0) is 44.4 Å². The maximum atomic E-state index is 12.8. The smallest absolute Gasteiger partial charge is 0.304 e. The van der Waals surface area contributed by atoms with E-state index in [0.29, 0.717) is 19.4 Å². The third-order valence-corrected chi connectivity index (χ3v) is 4.51. The number of nitrogens with zero attached hydrogens (tertiary/aromatic N) is 1. The van der Waals surface area contributed by atoms with Crippen molar-refractivity contribution in [2.24, 2.45) is 11.8 Å². The van der Waals surface area contributed by atoms with Crippen LogP contribution in [0.3, 0.4) is 0 Å². The minimum atomic E-state index is -1.01. The van der Waals surface area contributed by atoms with E-state index in [1.165, 1.54) is 0 Å². The largest absolute Gasteiger partial charge is 0.481 e. The molecular formula is C21H36N2O4. The number of carbonyl (C=O) groups is 3. The van der Waals surface area contributed by atoms with E-state index >= 15 is 0 Å². The molecule has 2 atom stereocenters. The topological polar surface area (TPSA) is 86.7 Å². The number of unbranched alkanes of at least 4 members (excludes halogenated alkanes) is 3. The number of carbonyl (C=O) groups excluding carboxylic acids is 2. The zero-order valence-corrected chi connectivity index (χ0v) is 17.1. The zero-order chi connectivity index (χ0) is 20.8. The molecule has 154 valence electrons. The van der Waals surface area contributed by atoms with Crippen molar-refractivity contribution in [3.63, 3.8) is 0 Å². The van der Waals surface area contributed by atoms with Crippen LogP contribution in [0.15, 0.2) is 25.3 Å². The minimum absolute atomic E-state index is 0.0873. The Bertz CT molecular complexity index is 502. The van der Waals surface area contributed by atoms with Crippen molar-refractivity contribution in [3.05, 3.63) is 25.3 Å². The van der Waals surface area contributed by atoms with Gasteiger partial charge >= 0.3 is 5.97 Å². The van der Waals surface area contributed by atoms with Crippen LogP contribution in [0.2, 0.25) is 0 Å². The summed E-state index contributed by atoms with van der Waals surface area (Å²) >= 11 is 0. The summed E-state index contributed by atoms with van der Waals surface area (Å²) in [4.78, 5) is 38.1. The number of allylic oxidation sites excluding steroid dienone is 2. The van der Waals surface area contributed by atoms with Crippen molar-refractivity contribution in [1.82, 2.24) is 10.2 Å². The normalized spacial score (nSPS) is 12.9. The van der Waals surface area contributed by atoms with E-state index in [4.69, 9.17) is 5.11 Å².